The van der Waals surface area contributed by atoms with E-state index in [1.807, 2.05) is 24.3 Å². The lowest BCUT2D eigenvalue weighted by Crippen LogP contribution is -1.83. The van der Waals surface area contributed by atoms with Crippen molar-refractivity contribution in [2.75, 3.05) is 0 Å². The van der Waals surface area contributed by atoms with Crippen LogP contribution in [-0.4, -0.2) is 9.97 Å². The zero-order valence-corrected chi connectivity index (χ0v) is 6.75. The third kappa shape index (κ3) is 1.44. The van der Waals surface area contributed by atoms with Gasteiger partial charge in [-0.3, -0.25) is 0 Å². The number of aromatic nitrogens is 2. The first-order chi connectivity index (χ1) is 6.40. The van der Waals surface area contributed by atoms with Crippen molar-refractivity contribution < 1.29 is 0 Å². The second-order valence-corrected chi connectivity index (χ2v) is 2.44. The lowest BCUT2D eigenvalue weighted by atomic mass is 10.2. The molecule has 2 aromatic rings. The molecule has 5 nitrogen and oxygen atoms in total. The predicted octanol–water partition coefficient (Wildman–Crippen LogP) is 1.59. The molecule has 5 heteroatoms. The number of benzene rings is 1. The van der Waals surface area contributed by atoms with E-state index in [-0.39, 0.29) is 5.95 Å². The third-order valence-corrected chi connectivity index (χ3v) is 1.62. The minimum atomic E-state index is 0.279. The quantitative estimate of drug-likeness (QED) is 0.404. The van der Waals surface area contributed by atoms with Crippen molar-refractivity contribution in [1.29, 1.82) is 0 Å². The van der Waals surface area contributed by atoms with E-state index in [4.69, 9.17) is 5.84 Å². The Morgan fingerprint density at radius 2 is 2.08 bits per heavy atom. The summed E-state index contributed by atoms with van der Waals surface area (Å²) in [6.07, 6.45) is 1.69. The van der Waals surface area contributed by atoms with Crippen LogP contribution in [0.3, 0.4) is 0 Å². The number of nitrogens with two attached hydrogens (primary N) is 1. The molecule has 0 spiro atoms. The first kappa shape index (κ1) is 7.60. The van der Waals surface area contributed by atoms with Crippen LogP contribution in [0.1, 0.15) is 0 Å². The van der Waals surface area contributed by atoms with E-state index in [2.05, 4.69) is 20.3 Å². The summed E-state index contributed by atoms with van der Waals surface area (Å²) >= 11 is 0. The van der Waals surface area contributed by atoms with Gasteiger partial charge in [0.25, 0.3) is 5.95 Å². The van der Waals surface area contributed by atoms with Crippen LogP contribution in [0, 0.1) is 0 Å². The van der Waals surface area contributed by atoms with Crippen LogP contribution < -0.4 is 5.84 Å². The lowest BCUT2D eigenvalue weighted by molar-refractivity contribution is 1.00. The molecule has 0 radical (unpaired) electrons. The van der Waals surface area contributed by atoms with Crippen molar-refractivity contribution in [3.8, 4) is 0 Å². The van der Waals surface area contributed by atoms with E-state index < -0.39 is 0 Å². The molecule has 0 fully saturated rings. The van der Waals surface area contributed by atoms with Crippen molar-refractivity contribution in [3.63, 3.8) is 0 Å². The van der Waals surface area contributed by atoms with E-state index in [1.54, 1.807) is 6.20 Å². The summed E-state index contributed by atoms with van der Waals surface area (Å²) < 4.78 is 0. The highest BCUT2D eigenvalue weighted by Gasteiger charge is 1.96. The van der Waals surface area contributed by atoms with Gasteiger partial charge in [-0.1, -0.05) is 28.5 Å². The number of nitrogens with zero attached hydrogens (tertiary/aromatic N) is 4. The van der Waals surface area contributed by atoms with Crippen LogP contribution >= 0.6 is 0 Å². The molecule has 0 amide bonds. The van der Waals surface area contributed by atoms with Crippen molar-refractivity contribution in [1.82, 2.24) is 9.97 Å². The SMILES string of the molecule is NN=Nc1ncc2ccccc2n1. The summed E-state index contributed by atoms with van der Waals surface area (Å²) in [6.45, 7) is 0. The zero-order chi connectivity index (χ0) is 9.10. The van der Waals surface area contributed by atoms with Gasteiger partial charge in [0.2, 0.25) is 0 Å². The first-order valence-corrected chi connectivity index (χ1v) is 3.73. The molecule has 13 heavy (non-hydrogen) atoms. The molecule has 1 aromatic heterocycles. The monoisotopic (exact) mass is 173 g/mol. The average molecular weight is 173 g/mol. The Morgan fingerprint density at radius 3 is 2.92 bits per heavy atom. The van der Waals surface area contributed by atoms with Gasteiger partial charge in [0, 0.05) is 11.6 Å². The Kier molecular flexibility index (Phi) is 1.84. The summed E-state index contributed by atoms with van der Waals surface area (Å²) in [6, 6.07) is 7.64. The molecule has 0 bridgehead atoms. The maximum absolute atomic E-state index is 4.88. The summed E-state index contributed by atoms with van der Waals surface area (Å²) in [5, 5.41) is 7.62. The zero-order valence-electron chi connectivity index (χ0n) is 6.75. The molecular weight excluding hydrogens is 166 g/mol. The molecule has 0 atom stereocenters. The Balaban J connectivity index is 2.62. The Hall–Kier alpha value is -2.04. The fourth-order valence-corrected chi connectivity index (χ4v) is 1.06. The molecule has 0 saturated heterocycles. The molecule has 64 valence electrons. The van der Waals surface area contributed by atoms with Gasteiger partial charge in [0.15, 0.2) is 0 Å². The largest absolute Gasteiger partial charge is 0.304 e. The van der Waals surface area contributed by atoms with Gasteiger partial charge in [-0.2, -0.15) is 0 Å². The van der Waals surface area contributed by atoms with Crippen LogP contribution in [-0.2, 0) is 0 Å². The number of hydrogen-bond acceptors (Lipinski definition) is 4. The number of fused-ring (bicyclic) bond motifs is 1. The fourth-order valence-electron chi connectivity index (χ4n) is 1.06. The van der Waals surface area contributed by atoms with Gasteiger partial charge in [0.1, 0.15) is 0 Å². The van der Waals surface area contributed by atoms with Crippen LogP contribution in [0.4, 0.5) is 5.95 Å². The maximum Gasteiger partial charge on any atom is 0.271 e. The van der Waals surface area contributed by atoms with Crippen molar-refractivity contribution in [3.05, 3.63) is 30.5 Å². The second kappa shape index (κ2) is 3.14. The van der Waals surface area contributed by atoms with Crippen molar-refractivity contribution in [2.24, 2.45) is 16.2 Å². The van der Waals surface area contributed by atoms with Gasteiger partial charge in [-0.25, -0.2) is 9.97 Å². The van der Waals surface area contributed by atoms with E-state index in [0.717, 1.165) is 10.9 Å². The molecule has 2 rings (SSSR count). The Labute approximate surface area is 74.3 Å². The molecule has 0 unspecified atom stereocenters. The van der Waals surface area contributed by atoms with Gasteiger partial charge in [-0.15, -0.1) is 0 Å². The Bertz CT molecular complexity index is 451. The fraction of sp³-hybridized carbons (Fsp3) is 0. The van der Waals surface area contributed by atoms with Crippen LogP contribution in [0.15, 0.2) is 40.8 Å². The molecule has 0 saturated carbocycles. The first-order valence-electron chi connectivity index (χ1n) is 3.73. The predicted molar refractivity (Wildman–Crippen MR) is 48.2 cm³/mol. The van der Waals surface area contributed by atoms with Crippen LogP contribution in [0.25, 0.3) is 10.9 Å². The summed E-state index contributed by atoms with van der Waals surface area (Å²) in [5.74, 6) is 5.16. The van der Waals surface area contributed by atoms with Gasteiger partial charge < -0.3 is 5.84 Å². The standard InChI is InChI=1S/C8H7N5/c9-13-12-8-10-5-6-3-1-2-4-7(6)11-8/h1-5H,(H2,9,10,11,12). The normalized spacial score (nSPS) is 11.1. The number of rotatable bonds is 1. The van der Waals surface area contributed by atoms with E-state index in [0.29, 0.717) is 0 Å². The van der Waals surface area contributed by atoms with E-state index in [1.165, 1.54) is 0 Å². The average Bonchev–Trinajstić information content (AvgIpc) is 2.18. The molecule has 2 N–H and O–H groups in total. The molecule has 0 aliphatic rings. The van der Waals surface area contributed by atoms with Crippen molar-refractivity contribution >= 4 is 16.9 Å². The van der Waals surface area contributed by atoms with E-state index in [9.17, 15) is 0 Å². The smallest absolute Gasteiger partial charge is 0.271 e. The molecule has 0 aliphatic carbocycles. The number of hydrogen-bond donors (Lipinski definition) is 1. The number of para-hydroxylation sites is 1. The van der Waals surface area contributed by atoms with E-state index >= 15 is 0 Å². The van der Waals surface area contributed by atoms with Crippen molar-refractivity contribution in [2.45, 2.75) is 0 Å². The summed E-state index contributed by atoms with van der Waals surface area (Å²) in [4.78, 5) is 8.06. The molecule has 1 aromatic carbocycles. The lowest BCUT2D eigenvalue weighted by Gasteiger charge is -1.94. The highest BCUT2D eigenvalue weighted by atomic mass is 15.3. The highest BCUT2D eigenvalue weighted by molar-refractivity contribution is 5.77. The molecule has 1 heterocycles. The Morgan fingerprint density at radius 1 is 1.23 bits per heavy atom. The molecule has 0 aliphatic heterocycles. The van der Waals surface area contributed by atoms with Gasteiger partial charge in [-0.05, 0) is 6.07 Å². The van der Waals surface area contributed by atoms with Crippen LogP contribution in [0.2, 0.25) is 0 Å². The molecular formula is C8H7N5. The third-order valence-electron chi connectivity index (χ3n) is 1.62. The minimum Gasteiger partial charge on any atom is -0.304 e. The summed E-state index contributed by atoms with van der Waals surface area (Å²) in [7, 11) is 0. The summed E-state index contributed by atoms with van der Waals surface area (Å²) in [5.41, 5.74) is 0.833. The highest BCUT2D eigenvalue weighted by Crippen LogP contribution is 2.12. The maximum atomic E-state index is 4.88. The van der Waals surface area contributed by atoms with Gasteiger partial charge >= 0.3 is 0 Å². The van der Waals surface area contributed by atoms with Gasteiger partial charge in [0.05, 0.1) is 5.52 Å². The topological polar surface area (TPSA) is 76.5 Å². The van der Waals surface area contributed by atoms with Crippen LogP contribution in [0.5, 0.6) is 0 Å². The second-order valence-electron chi connectivity index (χ2n) is 2.44. The minimum absolute atomic E-state index is 0.279.